The van der Waals surface area contributed by atoms with Gasteiger partial charge in [-0.25, -0.2) is 0 Å². The molecule has 2 heterocycles. The second-order valence-electron chi connectivity index (χ2n) is 9.28. The average Bonchev–Trinajstić information content (AvgIpc) is 3.22. The summed E-state index contributed by atoms with van der Waals surface area (Å²) in [5.74, 6) is -0.0608. The highest BCUT2D eigenvalue weighted by Crippen LogP contribution is 2.45. The lowest BCUT2D eigenvalue weighted by molar-refractivity contribution is -0.138. The van der Waals surface area contributed by atoms with Gasteiger partial charge in [-0.2, -0.15) is 18.4 Å². The standard InChI is InChI=1S/C26H28F3N3O3/c1-34-18-25-9-10-31(22-8-7-20(12-30)23(11-22)26(27,28)29)13-21(25)14-32(17-25)24(33)16-35-15-19-5-3-2-4-6-19/h2-8,11,21H,9-10,13-18H2,1H3/t21-,25+/m1/s1. The minimum atomic E-state index is -4.60. The molecule has 2 atom stereocenters. The number of alkyl halides is 3. The van der Waals surface area contributed by atoms with Crippen molar-refractivity contribution in [3.8, 4) is 6.07 Å². The Morgan fingerprint density at radius 1 is 1.20 bits per heavy atom. The topological polar surface area (TPSA) is 65.8 Å². The lowest BCUT2D eigenvalue weighted by atomic mass is 9.73. The Kier molecular flexibility index (Phi) is 7.33. The van der Waals surface area contributed by atoms with E-state index < -0.39 is 11.7 Å². The maximum Gasteiger partial charge on any atom is 0.417 e. The van der Waals surface area contributed by atoms with Gasteiger partial charge in [-0.3, -0.25) is 4.79 Å². The first-order valence-electron chi connectivity index (χ1n) is 11.5. The van der Waals surface area contributed by atoms with Crippen LogP contribution in [0.5, 0.6) is 0 Å². The van der Waals surface area contributed by atoms with Gasteiger partial charge in [-0.15, -0.1) is 0 Å². The van der Waals surface area contributed by atoms with Gasteiger partial charge in [0.1, 0.15) is 6.61 Å². The van der Waals surface area contributed by atoms with Crippen LogP contribution >= 0.6 is 0 Å². The first-order valence-corrected chi connectivity index (χ1v) is 11.5. The van der Waals surface area contributed by atoms with E-state index in [0.29, 0.717) is 51.5 Å². The first kappa shape index (κ1) is 25.0. The maximum atomic E-state index is 13.5. The number of halogens is 3. The van der Waals surface area contributed by atoms with Crippen molar-refractivity contribution in [2.75, 3.05) is 51.4 Å². The molecule has 2 fully saturated rings. The van der Waals surface area contributed by atoms with Gasteiger partial charge in [-0.05, 0) is 30.2 Å². The molecule has 4 rings (SSSR count). The van der Waals surface area contributed by atoms with Crippen LogP contribution in [0.3, 0.4) is 0 Å². The van der Waals surface area contributed by atoms with E-state index in [1.807, 2.05) is 35.2 Å². The van der Waals surface area contributed by atoms with Crippen molar-refractivity contribution in [2.45, 2.75) is 19.2 Å². The Labute approximate surface area is 202 Å². The molecule has 2 aliphatic heterocycles. The molecule has 0 bridgehead atoms. The number of methoxy groups -OCH3 is 1. The summed E-state index contributed by atoms with van der Waals surface area (Å²) in [7, 11) is 1.63. The second-order valence-corrected chi connectivity index (χ2v) is 9.28. The van der Waals surface area contributed by atoms with E-state index >= 15 is 0 Å². The molecule has 0 spiro atoms. The van der Waals surface area contributed by atoms with E-state index in [2.05, 4.69) is 0 Å². The fourth-order valence-electron chi connectivity index (χ4n) is 5.21. The monoisotopic (exact) mass is 487 g/mol. The number of anilines is 1. The van der Waals surface area contributed by atoms with Crippen LogP contribution in [-0.4, -0.2) is 57.3 Å². The minimum absolute atomic E-state index is 0.0288. The molecule has 0 saturated carbocycles. The van der Waals surface area contributed by atoms with Crippen molar-refractivity contribution >= 4 is 11.6 Å². The zero-order valence-electron chi connectivity index (χ0n) is 19.6. The van der Waals surface area contributed by atoms with Crippen LogP contribution in [-0.2, 0) is 27.1 Å². The minimum Gasteiger partial charge on any atom is -0.384 e. The number of nitrogens with zero attached hydrogens (tertiary/aromatic N) is 3. The van der Waals surface area contributed by atoms with Crippen LogP contribution in [0.25, 0.3) is 0 Å². The number of nitriles is 1. The van der Waals surface area contributed by atoms with Gasteiger partial charge in [-0.1, -0.05) is 30.3 Å². The van der Waals surface area contributed by atoms with Gasteiger partial charge in [0.2, 0.25) is 5.91 Å². The molecule has 186 valence electrons. The molecule has 0 aromatic heterocycles. The van der Waals surface area contributed by atoms with E-state index in [-0.39, 0.29) is 29.4 Å². The summed E-state index contributed by atoms with van der Waals surface area (Å²) in [6.07, 6.45) is -3.92. The highest BCUT2D eigenvalue weighted by molar-refractivity contribution is 5.78. The third-order valence-electron chi connectivity index (χ3n) is 7.05. The number of benzene rings is 2. The molecule has 0 N–H and O–H groups in total. The largest absolute Gasteiger partial charge is 0.417 e. The van der Waals surface area contributed by atoms with Gasteiger partial charge in [0.25, 0.3) is 0 Å². The Morgan fingerprint density at radius 2 is 1.97 bits per heavy atom. The average molecular weight is 488 g/mol. The highest BCUT2D eigenvalue weighted by atomic mass is 19.4. The van der Waals surface area contributed by atoms with Gasteiger partial charge in [0, 0.05) is 50.3 Å². The molecular formula is C26H28F3N3O3. The van der Waals surface area contributed by atoms with Crippen LogP contribution < -0.4 is 4.90 Å². The number of carbonyl (C=O) groups is 1. The van der Waals surface area contributed by atoms with Crippen LogP contribution in [0.4, 0.5) is 18.9 Å². The van der Waals surface area contributed by atoms with Crippen molar-refractivity contribution in [3.63, 3.8) is 0 Å². The molecule has 1 amide bonds. The number of piperidine rings is 1. The molecular weight excluding hydrogens is 459 g/mol. The number of carbonyl (C=O) groups excluding carboxylic acids is 1. The fourth-order valence-corrected chi connectivity index (χ4v) is 5.21. The third kappa shape index (κ3) is 5.44. The third-order valence-corrected chi connectivity index (χ3v) is 7.05. The van der Waals surface area contributed by atoms with E-state index in [4.69, 9.17) is 14.7 Å². The fraction of sp³-hybridized carbons (Fsp3) is 0.462. The normalized spacial score (nSPS) is 22.1. The Hall–Kier alpha value is -3.09. The van der Waals surface area contributed by atoms with E-state index in [1.165, 1.54) is 6.07 Å². The number of rotatable bonds is 7. The van der Waals surface area contributed by atoms with Crippen LogP contribution in [0.2, 0.25) is 0 Å². The maximum absolute atomic E-state index is 13.5. The first-order chi connectivity index (χ1) is 16.8. The van der Waals surface area contributed by atoms with Gasteiger partial charge >= 0.3 is 6.18 Å². The Morgan fingerprint density at radius 3 is 2.66 bits per heavy atom. The summed E-state index contributed by atoms with van der Waals surface area (Å²) < 4.78 is 51.5. The zero-order chi connectivity index (χ0) is 25.1. The van der Waals surface area contributed by atoms with Crippen LogP contribution in [0.1, 0.15) is 23.1 Å². The molecule has 2 aliphatic rings. The van der Waals surface area contributed by atoms with Crippen molar-refractivity contribution in [3.05, 3.63) is 65.2 Å². The summed E-state index contributed by atoms with van der Waals surface area (Å²) >= 11 is 0. The summed E-state index contributed by atoms with van der Waals surface area (Å²) in [5, 5.41) is 9.08. The zero-order valence-corrected chi connectivity index (χ0v) is 19.6. The number of amides is 1. The van der Waals surface area contributed by atoms with Crippen molar-refractivity contribution in [1.29, 1.82) is 5.26 Å². The number of hydrogen-bond acceptors (Lipinski definition) is 5. The van der Waals surface area contributed by atoms with Gasteiger partial charge in [0.05, 0.1) is 30.4 Å². The molecule has 2 aromatic rings. The quantitative estimate of drug-likeness (QED) is 0.589. The number of likely N-dealkylation sites (tertiary alicyclic amines) is 1. The molecule has 9 heteroatoms. The van der Waals surface area contributed by atoms with Gasteiger partial charge in [0.15, 0.2) is 0 Å². The Bertz CT molecular complexity index is 1090. The predicted octanol–water partition coefficient (Wildman–Crippen LogP) is 4.10. The summed E-state index contributed by atoms with van der Waals surface area (Å²) in [4.78, 5) is 16.6. The van der Waals surface area contributed by atoms with Crippen LogP contribution in [0.15, 0.2) is 48.5 Å². The van der Waals surface area contributed by atoms with Crippen molar-refractivity contribution in [1.82, 2.24) is 4.90 Å². The number of hydrogen-bond donors (Lipinski definition) is 0. The number of fused-ring (bicyclic) bond motifs is 1. The molecule has 0 aliphatic carbocycles. The van der Waals surface area contributed by atoms with Gasteiger partial charge < -0.3 is 19.3 Å². The van der Waals surface area contributed by atoms with Crippen LogP contribution in [0, 0.1) is 22.7 Å². The van der Waals surface area contributed by atoms with E-state index in [9.17, 15) is 18.0 Å². The highest BCUT2D eigenvalue weighted by Gasteiger charge is 2.50. The number of ether oxygens (including phenoxy) is 2. The molecule has 0 unspecified atom stereocenters. The van der Waals surface area contributed by atoms with E-state index in [0.717, 1.165) is 11.6 Å². The van der Waals surface area contributed by atoms with E-state index in [1.54, 1.807) is 24.1 Å². The molecule has 0 radical (unpaired) electrons. The van der Waals surface area contributed by atoms with Crippen molar-refractivity contribution < 1.29 is 27.4 Å². The molecule has 35 heavy (non-hydrogen) atoms. The molecule has 2 aromatic carbocycles. The lowest BCUT2D eigenvalue weighted by Gasteiger charge is -2.44. The second kappa shape index (κ2) is 10.3. The smallest absolute Gasteiger partial charge is 0.384 e. The summed E-state index contributed by atoms with van der Waals surface area (Å²) in [6.45, 7) is 2.86. The van der Waals surface area contributed by atoms with Crippen molar-refractivity contribution in [2.24, 2.45) is 11.3 Å². The lowest BCUT2D eigenvalue weighted by Crippen LogP contribution is -2.49. The molecule has 6 nitrogen and oxygen atoms in total. The summed E-state index contributed by atoms with van der Waals surface area (Å²) in [5.41, 5.74) is -0.147. The molecule has 2 saturated heterocycles. The SMILES string of the molecule is COC[C@@]12CCN(c3ccc(C#N)c(C(F)(F)F)c3)C[C@@H]1CN(C(=O)COCc1ccccc1)C2. The predicted molar refractivity (Wildman–Crippen MR) is 123 cm³/mol. The Balaban J connectivity index is 1.44. The summed E-state index contributed by atoms with van der Waals surface area (Å²) in [6, 6.07) is 15.1.